The van der Waals surface area contributed by atoms with Crippen molar-refractivity contribution in [2.45, 2.75) is 58.6 Å². The molecular formula is C18H24N2O3. The minimum atomic E-state index is -0.618. The lowest BCUT2D eigenvalue weighted by molar-refractivity contribution is -0.149. The molecule has 1 atom stereocenters. The molecule has 1 amide bonds. The number of amides is 1. The van der Waals surface area contributed by atoms with Crippen molar-refractivity contribution in [1.29, 1.82) is 0 Å². The summed E-state index contributed by atoms with van der Waals surface area (Å²) < 4.78 is 5.29. The maximum absolute atomic E-state index is 12.4. The van der Waals surface area contributed by atoms with Gasteiger partial charge < -0.3 is 10.1 Å². The molecule has 0 bridgehead atoms. The standard InChI is InChI=1S/C18H24N2O3/c1-11(2)23-18(22)12(3)20-16-9-14-7-5-4-6-13(14)8-15(16)19-10-17(20)21/h8-9,11-12,19H,4-7,10H2,1-3H3. The molecule has 0 aromatic heterocycles. The Morgan fingerprint density at radius 2 is 1.83 bits per heavy atom. The highest BCUT2D eigenvalue weighted by Gasteiger charge is 2.34. The molecule has 1 aromatic rings. The highest BCUT2D eigenvalue weighted by Crippen LogP contribution is 2.36. The number of hydrogen-bond acceptors (Lipinski definition) is 4. The number of ether oxygens (including phenoxy) is 1. The van der Waals surface area contributed by atoms with Crippen molar-refractivity contribution in [3.8, 4) is 0 Å². The minimum Gasteiger partial charge on any atom is -0.461 e. The summed E-state index contributed by atoms with van der Waals surface area (Å²) in [5.41, 5.74) is 4.39. The number of nitrogens with one attached hydrogen (secondary N) is 1. The fourth-order valence-electron chi connectivity index (χ4n) is 3.36. The average molecular weight is 316 g/mol. The first kappa shape index (κ1) is 15.8. The molecule has 0 fully saturated rings. The van der Waals surface area contributed by atoms with Gasteiger partial charge in [-0.25, -0.2) is 4.79 Å². The number of carbonyl (C=O) groups excluding carboxylic acids is 2. The van der Waals surface area contributed by atoms with E-state index in [4.69, 9.17) is 4.74 Å². The molecule has 1 N–H and O–H groups in total. The molecule has 1 aliphatic carbocycles. The van der Waals surface area contributed by atoms with Crippen LogP contribution in [0.2, 0.25) is 0 Å². The number of aryl methyl sites for hydroxylation is 2. The SMILES string of the molecule is CC(C)OC(=O)C(C)N1C(=O)CNc2cc3c(cc21)CCCC3. The Balaban J connectivity index is 1.96. The average Bonchev–Trinajstić information content (AvgIpc) is 2.52. The van der Waals surface area contributed by atoms with Crippen LogP contribution in [0.25, 0.3) is 0 Å². The van der Waals surface area contributed by atoms with Gasteiger partial charge in [-0.05, 0) is 69.7 Å². The molecule has 1 heterocycles. The van der Waals surface area contributed by atoms with E-state index in [1.807, 2.05) is 13.8 Å². The molecule has 5 nitrogen and oxygen atoms in total. The molecule has 1 unspecified atom stereocenters. The van der Waals surface area contributed by atoms with Crippen LogP contribution in [0.15, 0.2) is 12.1 Å². The van der Waals surface area contributed by atoms with Gasteiger partial charge in [-0.15, -0.1) is 0 Å². The van der Waals surface area contributed by atoms with Crippen LogP contribution in [0.3, 0.4) is 0 Å². The van der Waals surface area contributed by atoms with Crippen molar-refractivity contribution in [1.82, 2.24) is 0 Å². The highest BCUT2D eigenvalue weighted by molar-refractivity contribution is 6.06. The number of nitrogens with zero attached hydrogens (tertiary/aromatic N) is 1. The normalized spacial score (nSPS) is 18.1. The lowest BCUT2D eigenvalue weighted by Gasteiger charge is -2.35. The molecule has 2 aliphatic rings. The number of rotatable bonds is 3. The quantitative estimate of drug-likeness (QED) is 0.871. The van der Waals surface area contributed by atoms with Gasteiger partial charge in [0.1, 0.15) is 6.04 Å². The Morgan fingerprint density at radius 3 is 2.48 bits per heavy atom. The summed E-state index contributed by atoms with van der Waals surface area (Å²) in [7, 11) is 0. The van der Waals surface area contributed by atoms with Crippen LogP contribution >= 0.6 is 0 Å². The Labute approximate surface area is 137 Å². The summed E-state index contributed by atoms with van der Waals surface area (Å²) >= 11 is 0. The van der Waals surface area contributed by atoms with Crippen LogP contribution < -0.4 is 10.2 Å². The molecule has 3 rings (SSSR count). The summed E-state index contributed by atoms with van der Waals surface area (Å²) in [4.78, 5) is 26.3. The number of anilines is 2. The molecule has 0 radical (unpaired) electrons. The molecular weight excluding hydrogens is 292 g/mol. The number of carbonyl (C=O) groups is 2. The van der Waals surface area contributed by atoms with Gasteiger partial charge in [0.05, 0.1) is 24.0 Å². The van der Waals surface area contributed by atoms with Crippen LogP contribution in [0.4, 0.5) is 11.4 Å². The van der Waals surface area contributed by atoms with E-state index in [0.717, 1.165) is 24.2 Å². The maximum atomic E-state index is 12.4. The third-order valence-electron chi connectivity index (χ3n) is 4.50. The number of fused-ring (bicyclic) bond motifs is 2. The second-order valence-corrected chi connectivity index (χ2v) is 6.62. The second-order valence-electron chi connectivity index (χ2n) is 6.62. The smallest absolute Gasteiger partial charge is 0.329 e. The molecule has 1 aromatic carbocycles. The predicted octanol–water partition coefficient (Wildman–Crippen LogP) is 2.66. The van der Waals surface area contributed by atoms with E-state index in [2.05, 4.69) is 17.4 Å². The van der Waals surface area contributed by atoms with Crippen molar-refractivity contribution in [3.05, 3.63) is 23.3 Å². The summed E-state index contributed by atoms with van der Waals surface area (Å²) in [5.74, 6) is -0.458. The fourth-order valence-corrected chi connectivity index (χ4v) is 3.36. The molecule has 5 heteroatoms. The van der Waals surface area contributed by atoms with Crippen LogP contribution in [-0.2, 0) is 27.2 Å². The highest BCUT2D eigenvalue weighted by atomic mass is 16.5. The fraction of sp³-hybridized carbons (Fsp3) is 0.556. The minimum absolute atomic E-state index is 0.0959. The third kappa shape index (κ3) is 3.05. The van der Waals surface area contributed by atoms with Crippen molar-refractivity contribution >= 4 is 23.3 Å². The van der Waals surface area contributed by atoms with Gasteiger partial charge in [0.15, 0.2) is 0 Å². The first-order chi connectivity index (χ1) is 11.0. The van der Waals surface area contributed by atoms with Gasteiger partial charge in [-0.1, -0.05) is 0 Å². The van der Waals surface area contributed by atoms with Gasteiger partial charge in [0.2, 0.25) is 5.91 Å². The zero-order chi connectivity index (χ0) is 16.6. The Bertz CT molecular complexity index is 639. The van der Waals surface area contributed by atoms with Crippen molar-refractivity contribution in [2.24, 2.45) is 0 Å². The second kappa shape index (κ2) is 6.22. The van der Waals surface area contributed by atoms with Crippen molar-refractivity contribution in [3.63, 3.8) is 0 Å². The molecule has 0 spiro atoms. The molecule has 23 heavy (non-hydrogen) atoms. The van der Waals surface area contributed by atoms with E-state index in [0.29, 0.717) is 0 Å². The summed E-state index contributed by atoms with van der Waals surface area (Å²) in [5, 5.41) is 3.18. The predicted molar refractivity (Wildman–Crippen MR) is 89.7 cm³/mol. The van der Waals surface area contributed by atoms with Gasteiger partial charge >= 0.3 is 5.97 Å². The van der Waals surface area contributed by atoms with E-state index in [1.165, 1.54) is 24.0 Å². The molecule has 0 saturated carbocycles. The van der Waals surface area contributed by atoms with Crippen LogP contribution in [0.1, 0.15) is 44.7 Å². The summed E-state index contributed by atoms with van der Waals surface area (Å²) in [6, 6.07) is 3.60. The van der Waals surface area contributed by atoms with E-state index in [1.54, 1.807) is 11.8 Å². The third-order valence-corrected chi connectivity index (χ3v) is 4.50. The van der Waals surface area contributed by atoms with Gasteiger partial charge in [0, 0.05) is 0 Å². The van der Waals surface area contributed by atoms with Crippen molar-refractivity contribution < 1.29 is 14.3 Å². The molecule has 0 saturated heterocycles. The van der Waals surface area contributed by atoms with Gasteiger partial charge in [-0.2, -0.15) is 0 Å². The lowest BCUT2D eigenvalue weighted by atomic mass is 9.90. The molecule has 124 valence electrons. The first-order valence-electron chi connectivity index (χ1n) is 8.39. The summed E-state index contributed by atoms with van der Waals surface area (Å²) in [6.07, 6.45) is 4.33. The monoisotopic (exact) mass is 316 g/mol. The molecule has 1 aliphatic heterocycles. The Kier molecular flexibility index (Phi) is 4.28. The largest absolute Gasteiger partial charge is 0.461 e. The Hall–Kier alpha value is -2.04. The van der Waals surface area contributed by atoms with Gasteiger partial charge in [0.25, 0.3) is 0 Å². The van der Waals surface area contributed by atoms with E-state index in [-0.39, 0.29) is 24.5 Å². The zero-order valence-corrected chi connectivity index (χ0v) is 14.0. The number of esters is 1. The number of hydrogen-bond donors (Lipinski definition) is 1. The van der Waals surface area contributed by atoms with E-state index >= 15 is 0 Å². The van der Waals surface area contributed by atoms with E-state index in [9.17, 15) is 9.59 Å². The van der Waals surface area contributed by atoms with Crippen LogP contribution in [0.5, 0.6) is 0 Å². The zero-order valence-electron chi connectivity index (χ0n) is 14.0. The van der Waals surface area contributed by atoms with Gasteiger partial charge in [-0.3, -0.25) is 9.69 Å². The van der Waals surface area contributed by atoms with Crippen LogP contribution in [-0.4, -0.2) is 30.6 Å². The topological polar surface area (TPSA) is 58.6 Å². The maximum Gasteiger partial charge on any atom is 0.329 e. The first-order valence-corrected chi connectivity index (χ1v) is 8.39. The number of benzene rings is 1. The van der Waals surface area contributed by atoms with E-state index < -0.39 is 6.04 Å². The summed E-state index contributed by atoms with van der Waals surface area (Å²) in [6.45, 7) is 5.57. The lowest BCUT2D eigenvalue weighted by Crippen LogP contribution is -2.49. The van der Waals surface area contributed by atoms with Crippen LogP contribution in [0, 0.1) is 0 Å². The van der Waals surface area contributed by atoms with Crippen molar-refractivity contribution in [2.75, 3.05) is 16.8 Å². The Morgan fingerprint density at radius 1 is 1.17 bits per heavy atom.